The van der Waals surface area contributed by atoms with E-state index >= 15 is 0 Å². The van der Waals surface area contributed by atoms with Crippen molar-refractivity contribution in [3.8, 4) is 5.75 Å². The molecule has 0 N–H and O–H groups in total. The predicted octanol–water partition coefficient (Wildman–Crippen LogP) is 2.47. The molecule has 2 nitrogen and oxygen atoms in total. The summed E-state index contributed by atoms with van der Waals surface area (Å²) in [7, 11) is 0. The highest BCUT2D eigenvalue weighted by atomic mass is 16.6. The first-order chi connectivity index (χ1) is 6.43. The Morgan fingerprint density at radius 3 is 2.69 bits per heavy atom. The highest BCUT2D eigenvalue weighted by Crippen LogP contribution is 2.43. The standard InChI is InChI=1S/C11H10O2/c1-2-4-8(5-3-1)12-9-6-7-10-11(9)13-10/h1-5,10H,6-7H2. The van der Waals surface area contributed by atoms with Gasteiger partial charge in [0.15, 0.2) is 11.9 Å². The zero-order valence-corrected chi connectivity index (χ0v) is 7.19. The van der Waals surface area contributed by atoms with Crippen LogP contribution in [0.15, 0.2) is 41.9 Å². The van der Waals surface area contributed by atoms with Gasteiger partial charge in [0, 0.05) is 6.42 Å². The van der Waals surface area contributed by atoms with E-state index in [0.717, 1.165) is 30.1 Å². The molecule has 1 saturated heterocycles. The van der Waals surface area contributed by atoms with Crippen LogP contribution in [0, 0.1) is 0 Å². The molecule has 0 bridgehead atoms. The van der Waals surface area contributed by atoms with E-state index in [9.17, 15) is 0 Å². The van der Waals surface area contributed by atoms with Crippen LogP contribution in [0.2, 0.25) is 0 Å². The number of hydrogen-bond acceptors (Lipinski definition) is 2. The van der Waals surface area contributed by atoms with Crippen LogP contribution in [0.25, 0.3) is 0 Å². The number of epoxide rings is 1. The van der Waals surface area contributed by atoms with Gasteiger partial charge >= 0.3 is 0 Å². The molecule has 0 spiro atoms. The van der Waals surface area contributed by atoms with Crippen LogP contribution >= 0.6 is 0 Å². The lowest BCUT2D eigenvalue weighted by atomic mass is 10.3. The van der Waals surface area contributed by atoms with Gasteiger partial charge < -0.3 is 9.47 Å². The van der Waals surface area contributed by atoms with Crippen molar-refractivity contribution in [2.24, 2.45) is 0 Å². The Hall–Kier alpha value is -1.44. The Bertz CT molecular complexity index is 354. The van der Waals surface area contributed by atoms with Crippen molar-refractivity contribution in [3.05, 3.63) is 41.9 Å². The van der Waals surface area contributed by atoms with E-state index in [-0.39, 0.29) is 0 Å². The van der Waals surface area contributed by atoms with Crippen LogP contribution in [-0.4, -0.2) is 6.10 Å². The van der Waals surface area contributed by atoms with Gasteiger partial charge in [0.05, 0.1) is 0 Å². The number of ether oxygens (including phenoxy) is 2. The molecule has 1 heterocycles. The van der Waals surface area contributed by atoms with Gasteiger partial charge in [-0.25, -0.2) is 0 Å². The third-order valence-electron chi connectivity index (χ3n) is 2.40. The minimum Gasteiger partial charge on any atom is -0.479 e. The number of rotatable bonds is 2. The molecule has 3 rings (SSSR count). The number of para-hydroxylation sites is 1. The van der Waals surface area contributed by atoms with Gasteiger partial charge in [0.25, 0.3) is 0 Å². The summed E-state index contributed by atoms with van der Waals surface area (Å²) < 4.78 is 11.0. The molecule has 13 heavy (non-hydrogen) atoms. The molecule has 1 aliphatic carbocycles. The van der Waals surface area contributed by atoms with Gasteiger partial charge in [-0.15, -0.1) is 0 Å². The van der Waals surface area contributed by atoms with Gasteiger partial charge in [-0.1, -0.05) is 18.2 Å². The second-order valence-electron chi connectivity index (χ2n) is 3.35. The monoisotopic (exact) mass is 174 g/mol. The molecule has 0 saturated carbocycles. The van der Waals surface area contributed by atoms with E-state index in [1.54, 1.807) is 0 Å². The van der Waals surface area contributed by atoms with E-state index in [2.05, 4.69) is 0 Å². The average Bonchev–Trinajstić information content (AvgIpc) is 2.86. The zero-order chi connectivity index (χ0) is 8.67. The third-order valence-corrected chi connectivity index (χ3v) is 2.40. The molecule has 1 aromatic rings. The Balaban J connectivity index is 1.80. The fourth-order valence-electron chi connectivity index (χ4n) is 1.67. The van der Waals surface area contributed by atoms with E-state index in [1.165, 1.54) is 0 Å². The minimum atomic E-state index is 0.388. The van der Waals surface area contributed by atoms with Crippen molar-refractivity contribution in [1.29, 1.82) is 0 Å². The van der Waals surface area contributed by atoms with Crippen molar-refractivity contribution in [1.82, 2.24) is 0 Å². The molecular formula is C11H10O2. The molecule has 66 valence electrons. The van der Waals surface area contributed by atoms with Crippen LogP contribution in [0.3, 0.4) is 0 Å². The Labute approximate surface area is 76.8 Å². The normalized spacial score (nSPS) is 23.8. The van der Waals surface area contributed by atoms with Crippen LogP contribution in [-0.2, 0) is 4.74 Å². The molecular weight excluding hydrogens is 164 g/mol. The predicted molar refractivity (Wildman–Crippen MR) is 48.2 cm³/mol. The maximum absolute atomic E-state index is 5.68. The Kier molecular flexibility index (Phi) is 1.36. The summed E-state index contributed by atoms with van der Waals surface area (Å²) in [6, 6.07) is 9.85. The van der Waals surface area contributed by atoms with Crippen LogP contribution < -0.4 is 4.74 Å². The quantitative estimate of drug-likeness (QED) is 0.642. The van der Waals surface area contributed by atoms with Gasteiger partial charge in [-0.2, -0.15) is 0 Å². The number of allylic oxidation sites excluding steroid dienone is 1. The van der Waals surface area contributed by atoms with Crippen molar-refractivity contribution in [3.63, 3.8) is 0 Å². The number of hydrogen-bond donors (Lipinski definition) is 0. The lowest BCUT2D eigenvalue weighted by Gasteiger charge is -2.05. The van der Waals surface area contributed by atoms with Crippen molar-refractivity contribution >= 4 is 0 Å². The molecule has 2 aliphatic rings. The first-order valence-corrected chi connectivity index (χ1v) is 4.56. The van der Waals surface area contributed by atoms with Crippen molar-refractivity contribution in [2.45, 2.75) is 18.9 Å². The molecule has 1 atom stereocenters. The molecule has 1 fully saturated rings. The van der Waals surface area contributed by atoms with Gasteiger partial charge in [0.2, 0.25) is 0 Å². The molecule has 1 unspecified atom stereocenters. The maximum atomic E-state index is 5.68. The van der Waals surface area contributed by atoms with E-state index in [0.29, 0.717) is 6.10 Å². The highest BCUT2D eigenvalue weighted by Gasteiger charge is 2.42. The fourth-order valence-corrected chi connectivity index (χ4v) is 1.67. The largest absolute Gasteiger partial charge is 0.479 e. The third kappa shape index (κ3) is 1.18. The minimum absolute atomic E-state index is 0.388. The zero-order valence-electron chi connectivity index (χ0n) is 7.19. The van der Waals surface area contributed by atoms with E-state index < -0.39 is 0 Å². The molecule has 0 amide bonds. The van der Waals surface area contributed by atoms with Crippen LogP contribution in [0.5, 0.6) is 5.75 Å². The van der Waals surface area contributed by atoms with Crippen molar-refractivity contribution < 1.29 is 9.47 Å². The summed E-state index contributed by atoms with van der Waals surface area (Å²) in [5, 5.41) is 0. The lowest BCUT2D eigenvalue weighted by Crippen LogP contribution is -1.93. The smallest absolute Gasteiger partial charge is 0.176 e. The maximum Gasteiger partial charge on any atom is 0.176 e. The molecule has 1 aliphatic heterocycles. The SMILES string of the molecule is c1ccc(OC2=C3OC3CC2)cc1. The van der Waals surface area contributed by atoms with E-state index in [1.807, 2.05) is 30.3 Å². The Morgan fingerprint density at radius 1 is 1.23 bits per heavy atom. The summed E-state index contributed by atoms with van der Waals surface area (Å²) in [4.78, 5) is 0. The summed E-state index contributed by atoms with van der Waals surface area (Å²) in [6.45, 7) is 0. The second kappa shape index (κ2) is 2.52. The number of benzene rings is 1. The van der Waals surface area contributed by atoms with Crippen LogP contribution in [0.4, 0.5) is 0 Å². The fraction of sp³-hybridized carbons (Fsp3) is 0.273. The first-order valence-electron chi connectivity index (χ1n) is 4.56. The summed E-state index contributed by atoms with van der Waals surface area (Å²) >= 11 is 0. The lowest BCUT2D eigenvalue weighted by molar-refractivity contribution is 0.336. The Morgan fingerprint density at radius 2 is 2.08 bits per heavy atom. The first kappa shape index (κ1) is 7.01. The average molecular weight is 174 g/mol. The summed E-state index contributed by atoms with van der Waals surface area (Å²) in [6.07, 6.45) is 2.51. The van der Waals surface area contributed by atoms with Gasteiger partial charge in [0.1, 0.15) is 11.5 Å². The topological polar surface area (TPSA) is 21.8 Å². The second-order valence-corrected chi connectivity index (χ2v) is 3.35. The summed E-state index contributed by atoms with van der Waals surface area (Å²) in [5.41, 5.74) is 0. The highest BCUT2D eigenvalue weighted by molar-refractivity contribution is 5.30. The van der Waals surface area contributed by atoms with Crippen molar-refractivity contribution in [2.75, 3.05) is 0 Å². The van der Waals surface area contributed by atoms with Gasteiger partial charge in [-0.3, -0.25) is 0 Å². The van der Waals surface area contributed by atoms with E-state index in [4.69, 9.17) is 9.47 Å². The molecule has 1 aromatic carbocycles. The number of fused-ring (bicyclic) bond motifs is 1. The van der Waals surface area contributed by atoms with Gasteiger partial charge in [-0.05, 0) is 18.6 Å². The molecule has 0 radical (unpaired) electrons. The molecule has 2 heteroatoms. The van der Waals surface area contributed by atoms with Crippen LogP contribution in [0.1, 0.15) is 12.8 Å². The molecule has 0 aromatic heterocycles. The summed E-state index contributed by atoms with van der Waals surface area (Å²) in [5.74, 6) is 3.00.